The van der Waals surface area contributed by atoms with Crippen LogP contribution in [0.1, 0.15) is 0 Å². The van der Waals surface area contributed by atoms with Crippen molar-refractivity contribution in [2.45, 2.75) is 0 Å². The van der Waals surface area contributed by atoms with Crippen LogP contribution in [0.4, 0.5) is 11.4 Å². The van der Waals surface area contributed by atoms with Crippen LogP contribution in [0.25, 0.3) is 0 Å². The number of ether oxygens (including phenoxy) is 1. The molecule has 14 heavy (non-hydrogen) atoms. The van der Waals surface area contributed by atoms with Gasteiger partial charge in [0.25, 0.3) is 0 Å². The van der Waals surface area contributed by atoms with Gasteiger partial charge in [0, 0.05) is 30.9 Å². The van der Waals surface area contributed by atoms with E-state index in [-0.39, 0.29) is 17.0 Å². The maximum Gasteiger partial charge on any atom is 0.128 e. The van der Waals surface area contributed by atoms with Crippen LogP contribution in [0.15, 0.2) is 24.3 Å². The molecule has 0 aromatic heterocycles. The molecular formula is C10H15BrN2O. The number of hydrogen-bond donors (Lipinski definition) is 1. The molecule has 0 atom stereocenters. The molecule has 0 aliphatic carbocycles. The second kappa shape index (κ2) is 5.34. The first-order valence-electron chi connectivity index (χ1n) is 4.61. The second-order valence-electron chi connectivity index (χ2n) is 3.27. The van der Waals surface area contributed by atoms with E-state index in [0.29, 0.717) is 0 Å². The SMILES string of the molecule is [Br-].[NH3+]c1ccc(N2CCOCC2)cc1. The van der Waals surface area contributed by atoms with Gasteiger partial charge >= 0.3 is 0 Å². The maximum atomic E-state index is 5.29. The van der Waals surface area contributed by atoms with E-state index >= 15 is 0 Å². The van der Waals surface area contributed by atoms with E-state index in [2.05, 4.69) is 22.8 Å². The fourth-order valence-corrected chi connectivity index (χ4v) is 1.53. The lowest BCUT2D eigenvalue weighted by molar-refractivity contribution is -0.254. The van der Waals surface area contributed by atoms with E-state index < -0.39 is 0 Å². The number of hydrogen-bond acceptors (Lipinski definition) is 2. The molecule has 2 rings (SSSR count). The molecule has 0 unspecified atom stereocenters. The monoisotopic (exact) mass is 258 g/mol. The Morgan fingerprint density at radius 3 is 2.21 bits per heavy atom. The first kappa shape index (κ1) is 11.5. The number of morpholine rings is 1. The third-order valence-electron chi connectivity index (χ3n) is 2.31. The molecule has 0 saturated carbocycles. The standard InChI is InChI=1S/C10H14N2O.BrH/c11-9-1-3-10(4-2-9)12-5-7-13-8-6-12;/h1-4H,5-8,11H2;1H. The van der Waals surface area contributed by atoms with Crippen molar-refractivity contribution in [3.8, 4) is 0 Å². The topological polar surface area (TPSA) is 40.1 Å². The number of benzene rings is 1. The Labute approximate surface area is 94.6 Å². The minimum Gasteiger partial charge on any atom is -1.00 e. The van der Waals surface area contributed by atoms with Crippen LogP contribution in [0.5, 0.6) is 0 Å². The van der Waals surface area contributed by atoms with Crippen molar-refractivity contribution in [2.75, 3.05) is 31.2 Å². The van der Waals surface area contributed by atoms with Gasteiger partial charge in [-0.05, 0) is 12.1 Å². The van der Waals surface area contributed by atoms with Crippen molar-refractivity contribution < 1.29 is 27.5 Å². The summed E-state index contributed by atoms with van der Waals surface area (Å²) in [6.45, 7) is 3.67. The summed E-state index contributed by atoms with van der Waals surface area (Å²) < 4.78 is 5.29. The Bertz CT molecular complexity index is 270. The molecule has 1 saturated heterocycles. The molecule has 1 fully saturated rings. The lowest BCUT2D eigenvalue weighted by Gasteiger charge is -2.28. The van der Waals surface area contributed by atoms with E-state index in [1.807, 2.05) is 12.1 Å². The number of quaternary nitrogens is 1. The summed E-state index contributed by atoms with van der Waals surface area (Å²) in [7, 11) is 0. The average molecular weight is 259 g/mol. The van der Waals surface area contributed by atoms with Crippen molar-refractivity contribution in [1.29, 1.82) is 0 Å². The Balaban J connectivity index is 0.000000980. The van der Waals surface area contributed by atoms with Crippen molar-refractivity contribution in [3.05, 3.63) is 24.3 Å². The van der Waals surface area contributed by atoms with E-state index in [4.69, 9.17) is 4.74 Å². The maximum absolute atomic E-state index is 5.29. The van der Waals surface area contributed by atoms with E-state index in [1.165, 1.54) is 5.69 Å². The first-order chi connectivity index (χ1) is 6.36. The highest BCUT2D eigenvalue weighted by molar-refractivity contribution is 5.50. The minimum atomic E-state index is 0. The second-order valence-corrected chi connectivity index (χ2v) is 3.27. The normalized spacial score (nSPS) is 16.2. The predicted octanol–water partition coefficient (Wildman–Crippen LogP) is -2.60. The van der Waals surface area contributed by atoms with E-state index in [0.717, 1.165) is 32.0 Å². The lowest BCUT2D eigenvalue weighted by atomic mass is 10.2. The van der Waals surface area contributed by atoms with Gasteiger partial charge in [-0.3, -0.25) is 0 Å². The number of halogens is 1. The van der Waals surface area contributed by atoms with Crippen LogP contribution in [0, 0.1) is 0 Å². The molecule has 1 aromatic carbocycles. The summed E-state index contributed by atoms with van der Waals surface area (Å²) >= 11 is 0. The Morgan fingerprint density at radius 1 is 1.07 bits per heavy atom. The van der Waals surface area contributed by atoms with Gasteiger partial charge in [0.2, 0.25) is 0 Å². The third-order valence-corrected chi connectivity index (χ3v) is 2.31. The summed E-state index contributed by atoms with van der Waals surface area (Å²) in [6.07, 6.45) is 0. The lowest BCUT2D eigenvalue weighted by Crippen LogP contribution is -3.00. The largest absolute Gasteiger partial charge is 1.00 e. The molecule has 0 radical (unpaired) electrons. The molecule has 4 heteroatoms. The molecule has 1 aromatic rings. The zero-order valence-corrected chi connectivity index (χ0v) is 9.66. The summed E-state index contributed by atoms with van der Waals surface area (Å²) in [5.74, 6) is 0. The highest BCUT2D eigenvalue weighted by atomic mass is 79.9. The number of anilines is 1. The van der Waals surface area contributed by atoms with Crippen molar-refractivity contribution >= 4 is 11.4 Å². The highest BCUT2D eigenvalue weighted by Crippen LogP contribution is 2.16. The smallest absolute Gasteiger partial charge is 0.128 e. The van der Waals surface area contributed by atoms with Crippen LogP contribution >= 0.6 is 0 Å². The van der Waals surface area contributed by atoms with Gasteiger partial charge in [0.05, 0.1) is 13.2 Å². The molecular weight excluding hydrogens is 244 g/mol. The molecule has 0 bridgehead atoms. The fourth-order valence-electron chi connectivity index (χ4n) is 1.53. The molecule has 3 nitrogen and oxygen atoms in total. The van der Waals surface area contributed by atoms with Crippen LogP contribution in [0.2, 0.25) is 0 Å². The summed E-state index contributed by atoms with van der Waals surface area (Å²) in [4.78, 5) is 2.34. The minimum absolute atomic E-state index is 0. The highest BCUT2D eigenvalue weighted by Gasteiger charge is 2.10. The number of nitrogens with zero attached hydrogens (tertiary/aromatic N) is 1. The average Bonchev–Trinajstić information content (AvgIpc) is 2.20. The predicted molar refractivity (Wildman–Crippen MR) is 52.0 cm³/mol. The molecule has 0 amide bonds. The molecule has 78 valence electrons. The zero-order chi connectivity index (χ0) is 9.10. The van der Waals surface area contributed by atoms with Crippen LogP contribution in [-0.4, -0.2) is 26.3 Å². The summed E-state index contributed by atoms with van der Waals surface area (Å²) in [5, 5.41) is 0. The third kappa shape index (κ3) is 2.70. The van der Waals surface area contributed by atoms with Gasteiger partial charge in [-0.1, -0.05) is 0 Å². The van der Waals surface area contributed by atoms with Crippen LogP contribution in [0.3, 0.4) is 0 Å². The van der Waals surface area contributed by atoms with Crippen LogP contribution in [-0.2, 0) is 4.74 Å². The molecule has 1 aliphatic heterocycles. The van der Waals surface area contributed by atoms with Crippen molar-refractivity contribution in [1.82, 2.24) is 0 Å². The van der Waals surface area contributed by atoms with Gasteiger partial charge in [0.15, 0.2) is 0 Å². The van der Waals surface area contributed by atoms with Crippen LogP contribution < -0.4 is 27.6 Å². The van der Waals surface area contributed by atoms with E-state index in [9.17, 15) is 0 Å². The summed E-state index contributed by atoms with van der Waals surface area (Å²) in [6, 6.07) is 8.33. The Hall–Kier alpha value is -0.580. The fraction of sp³-hybridized carbons (Fsp3) is 0.400. The van der Waals surface area contributed by atoms with Gasteiger partial charge in [0.1, 0.15) is 5.69 Å². The Morgan fingerprint density at radius 2 is 1.64 bits per heavy atom. The van der Waals surface area contributed by atoms with Gasteiger partial charge in [-0.25, -0.2) is 0 Å². The molecule has 1 aliphatic rings. The van der Waals surface area contributed by atoms with Gasteiger partial charge in [-0.2, -0.15) is 0 Å². The molecule has 0 spiro atoms. The first-order valence-corrected chi connectivity index (χ1v) is 4.61. The van der Waals surface area contributed by atoms with E-state index in [1.54, 1.807) is 0 Å². The quantitative estimate of drug-likeness (QED) is 0.601. The van der Waals surface area contributed by atoms with Crippen molar-refractivity contribution in [3.63, 3.8) is 0 Å². The van der Waals surface area contributed by atoms with Gasteiger partial charge in [-0.15, -0.1) is 0 Å². The molecule has 1 heterocycles. The zero-order valence-electron chi connectivity index (χ0n) is 8.08. The number of rotatable bonds is 1. The Kier molecular flexibility index (Phi) is 4.38. The summed E-state index contributed by atoms with van der Waals surface area (Å²) in [5.41, 5.74) is 6.20. The van der Waals surface area contributed by atoms with Gasteiger partial charge < -0.3 is 32.4 Å². The molecule has 3 N–H and O–H groups in total. The van der Waals surface area contributed by atoms with Crippen molar-refractivity contribution in [2.24, 2.45) is 0 Å².